The number of carbonyl (C=O) groups excluding carboxylic acids is 1. The summed E-state index contributed by atoms with van der Waals surface area (Å²) in [5.41, 5.74) is 2.54. The van der Waals surface area contributed by atoms with Gasteiger partial charge >= 0.3 is 0 Å². The molecule has 1 saturated heterocycles. The number of H-pyrrole nitrogens is 1. The van der Waals surface area contributed by atoms with Crippen LogP contribution in [0.5, 0.6) is 0 Å². The molecule has 4 rings (SSSR count). The molecule has 0 spiro atoms. The molecule has 0 aliphatic carbocycles. The van der Waals surface area contributed by atoms with Crippen molar-refractivity contribution in [3.8, 4) is 11.1 Å². The van der Waals surface area contributed by atoms with Gasteiger partial charge < -0.3 is 9.88 Å². The zero-order chi connectivity index (χ0) is 17.2. The van der Waals surface area contributed by atoms with Gasteiger partial charge in [0.1, 0.15) is 11.6 Å². The number of amides is 1. The van der Waals surface area contributed by atoms with Crippen LogP contribution in [0.3, 0.4) is 0 Å². The molecular weight excluding hydrogens is 317 g/mol. The fraction of sp³-hybridized carbons (Fsp3) is 0.200. The molecule has 1 N–H and O–H groups in total. The molecule has 2 aromatic carbocycles. The normalized spacial score (nSPS) is 17.0. The van der Waals surface area contributed by atoms with Gasteiger partial charge in [-0.05, 0) is 48.2 Å². The first-order valence-electron chi connectivity index (χ1n) is 8.38. The summed E-state index contributed by atoms with van der Waals surface area (Å²) in [6.07, 6.45) is 5.40. The number of nitrogens with zero attached hydrogens (tertiary/aromatic N) is 2. The Balaban J connectivity index is 1.55. The number of halogens is 1. The molecule has 1 aliphatic rings. The lowest BCUT2D eigenvalue weighted by Gasteiger charge is -2.23. The van der Waals surface area contributed by atoms with Crippen molar-refractivity contribution in [2.24, 2.45) is 0 Å². The van der Waals surface area contributed by atoms with Gasteiger partial charge in [0.05, 0.1) is 6.04 Å². The third kappa shape index (κ3) is 3.05. The van der Waals surface area contributed by atoms with Gasteiger partial charge in [-0.2, -0.15) is 0 Å². The summed E-state index contributed by atoms with van der Waals surface area (Å²) in [6, 6.07) is 13.8. The number of likely N-dealkylation sites (tertiary alicyclic amines) is 1. The average molecular weight is 335 g/mol. The number of hydrogen-bond donors (Lipinski definition) is 1. The predicted octanol–water partition coefficient (Wildman–Crippen LogP) is 4.19. The van der Waals surface area contributed by atoms with E-state index in [0.29, 0.717) is 5.56 Å². The van der Waals surface area contributed by atoms with Crippen LogP contribution in [-0.2, 0) is 0 Å². The molecule has 25 heavy (non-hydrogen) atoms. The first kappa shape index (κ1) is 15.6. The second kappa shape index (κ2) is 6.51. The number of aromatic nitrogens is 2. The van der Waals surface area contributed by atoms with Crippen molar-refractivity contribution < 1.29 is 9.18 Å². The minimum Gasteiger partial charge on any atom is -0.347 e. The van der Waals surface area contributed by atoms with E-state index in [0.717, 1.165) is 36.3 Å². The van der Waals surface area contributed by atoms with Gasteiger partial charge in [0.2, 0.25) is 0 Å². The van der Waals surface area contributed by atoms with E-state index in [-0.39, 0.29) is 17.8 Å². The fourth-order valence-corrected chi connectivity index (χ4v) is 3.37. The van der Waals surface area contributed by atoms with E-state index in [1.807, 2.05) is 29.2 Å². The van der Waals surface area contributed by atoms with Crippen LogP contribution in [0.4, 0.5) is 4.39 Å². The summed E-state index contributed by atoms with van der Waals surface area (Å²) in [6.45, 7) is 0.740. The molecule has 2 heterocycles. The van der Waals surface area contributed by atoms with Crippen LogP contribution in [0.1, 0.15) is 35.1 Å². The summed E-state index contributed by atoms with van der Waals surface area (Å²) in [4.78, 5) is 22.2. The highest BCUT2D eigenvalue weighted by atomic mass is 19.1. The van der Waals surface area contributed by atoms with Crippen molar-refractivity contribution in [3.05, 3.63) is 78.1 Å². The van der Waals surface area contributed by atoms with Crippen molar-refractivity contribution in [3.63, 3.8) is 0 Å². The Morgan fingerprint density at radius 2 is 1.76 bits per heavy atom. The lowest BCUT2D eigenvalue weighted by atomic mass is 10.0. The summed E-state index contributed by atoms with van der Waals surface area (Å²) in [7, 11) is 0. The van der Waals surface area contributed by atoms with E-state index < -0.39 is 0 Å². The summed E-state index contributed by atoms with van der Waals surface area (Å²) < 4.78 is 13.0. The van der Waals surface area contributed by atoms with Gasteiger partial charge in [-0.15, -0.1) is 0 Å². The van der Waals surface area contributed by atoms with Gasteiger partial charge in [-0.25, -0.2) is 9.37 Å². The zero-order valence-electron chi connectivity index (χ0n) is 13.7. The van der Waals surface area contributed by atoms with Gasteiger partial charge in [-0.1, -0.05) is 24.3 Å². The number of rotatable bonds is 3. The largest absolute Gasteiger partial charge is 0.347 e. The highest BCUT2D eigenvalue weighted by molar-refractivity contribution is 5.95. The van der Waals surface area contributed by atoms with Crippen molar-refractivity contribution in [2.45, 2.75) is 18.9 Å². The topological polar surface area (TPSA) is 49.0 Å². The molecular formula is C20H18FN3O. The maximum absolute atomic E-state index is 13.0. The number of carbonyl (C=O) groups is 1. The third-order valence-electron chi connectivity index (χ3n) is 4.66. The van der Waals surface area contributed by atoms with E-state index in [1.54, 1.807) is 24.5 Å². The summed E-state index contributed by atoms with van der Waals surface area (Å²) in [5.74, 6) is 0.604. The molecule has 1 amide bonds. The molecule has 4 nitrogen and oxygen atoms in total. The van der Waals surface area contributed by atoms with Gasteiger partial charge in [-0.3, -0.25) is 4.79 Å². The molecule has 0 radical (unpaired) electrons. The molecule has 1 aliphatic heterocycles. The van der Waals surface area contributed by atoms with Crippen molar-refractivity contribution in [2.75, 3.05) is 6.54 Å². The zero-order valence-corrected chi connectivity index (χ0v) is 13.7. The molecule has 1 atom stereocenters. The average Bonchev–Trinajstić information content (AvgIpc) is 3.33. The number of benzene rings is 2. The van der Waals surface area contributed by atoms with Gasteiger partial charge in [0.15, 0.2) is 0 Å². The Morgan fingerprint density at radius 1 is 1.08 bits per heavy atom. The number of nitrogens with one attached hydrogen (secondary N) is 1. The number of aromatic amines is 1. The quantitative estimate of drug-likeness (QED) is 0.780. The third-order valence-corrected chi connectivity index (χ3v) is 4.66. The van der Waals surface area contributed by atoms with Crippen LogP contribution in [0.2, 0.25) is 0 Å². The minimum absolute atomic E-state index is 0.0132. The lowest BCUT2D eigenvalue weighted by Crippen LogP contribution is -2.31. The fourth-order valence-electron chi connectivity index (χ4n) is 3.37. The van der Waals surface area contributed by atoms with Crippen LogP contribution in [0.15, 0.2) is 60.9 Å². The molecule has 1 fully saturated rings. The Morgan fingerprint density at radius 3 is 2.40 bits per heavy atom. The first-order chi connectivity index (χ1) is 12.2. The van der Waals surface area contributed by atoms with E-state index >= 15 is 0 Å². The Bertz CT molecular complexity index is 857. The van der Waals surface area contributed by atoms with Crippen LogP contribution in [0, 0.1) is 5.82 Å². The maximum Gasteiger partial charge on any atom is 0.254 e. The lowest BCUT2D eigenvalue weighted by molar-refractivity contribution is 0.0730. The Hall–Kier alpha value is -2.95. The summed E-state index contributed by atoms with van der Waals surface area (Å²) in [5, 5.41) is 0. The van der Waals surface area contributed by atoms with Crippen molar-refractivity contribution in [1.29, 1.82) is 0 Å². The van der Waals surface area contributed by atoms with Crippen LogP contribution in [0.25, 0.3) is 11.1 Å². The second-order valence-electron chi connectivity index (χ2n) is 6.22. The second-order valence-corrected chi connectivity index (χ2v) is 6.22. The van der Waals surface area contributed by atoms with Crippen molar-refractivity contribution >= 4 is 5.91 Å². The molecule has 0 unspecified atom stereocenters. The number of imidazole rings is 1. The molecule has 3 aromatic rings. The van der Waals surface area contributed by atoms with E-state index in [2.05, 4.69) is 9.97 Å². The SMILES string of the molecule is O=C(c1ccc(-c2ccc(F)cc2)cc1)N1CCC[C@H]1c1ncc[nH]1. The smallest absolute Gasteiger partial charge is 0.254 e. The standard InChI is InChI=1S/C20H18FN3O/c21-17-9-7-15(8-10-17)14-3-5-16(6-4-14)20(25)24-13-1-2-18(24)19-22-11-12-23-19/h3-12,18H,1-2,13H2,(H,22,23)/t18-/m0/s1. The van der Waals surface area contributed by atoms with E-state index in [9.17, 15) is 9.18 Å². The monoisotopic (exact) mass is 335 g/mol. The molecule has 5 heteroatoms. The highest BCUT2D eigenvalue weighted by Crippen LogP contribution is 2.31. The molecule has 126 valence electrons. The van der Waals surface area contributed by atoms with Crippen LogP contribution in [-0.4, -0.2) is 27.3 Å². The first-order valence-corrected chi connectivity index (χ1v) is 8.38. The van der Waals surface area contributed by atoms with E-state index in [1.165, 1.54) is 12.1 Å². The van der Waals surface area contributed by atoms with Crippen LogP contribution >= 0.6 is 0 Å². The van der Waals surface area contributed by atoms with Crippen LogP contribution < -0.4 is 0 Å². The molecule has 1 aromatic heterocycles. The maximum atomic E-state index is 13.0. The number of hydrogen-bond acceptors (Lipinski definition) is 2. The Kier molecular flexibility index (Phi) is 4.06. The van der Waals surface area contributed by atoms with Gasteiger partial charge in [0, 0.05) is 24.5 Å². The van der Waals surface area contributed by atoms with Crippen molar-refractivity contribution in [1.82, 2.24) is 14.9 Å². The van der Waals surface area contributed by atoms with Gasteiger partial charge in [0.25, 0.3) is 5.91 Å². The molecule has 0 bridgehead atoms. The van der Waals surface area contributed by atoms with E-state index in [4.69, 9.17) is 0 Å². The minimum atomic E-state index is -0.256. The molecule has 0 saturated carbocycles. The summed E-state index contributed by atoms with van der Waals surface area (Å²) >= 11 is 0. The Labute approximate surface area is 145 Å². The predicted molar refractivity (Wildman–Crippen MR) is 93.4 cm³/mol. The highest BCUT2D eigenvalue weighted by Gasteiger charge is 2.32.